The Morgan fingerprint density at radius 1 is 0.939 bits per heavy atom. The van der Waals surface area contributed by atoms with Gasteiger partial charge in [-0.2, -0.15) is 4.31 Å². The fraction of sp³-hybridized carbons (Fsp3) is 0.324. The number of aromatic nitrogens is 1. The second-order valence-electron chi connectivity index (χ2n) is 13.2. The van der Waals surface area contributed by atoms with Gasteiger partial charge in [-0.1, -0.05) is 66.2 Å². The van der Waals surface area contributed by atoms with Crippen LogP contribution in [0.2, 0.25) is 5.02 Å². The van der Waals surface area contributed by atoms with Crippen molar-refractivity contribution in [2.24, 2.45) is 11.8 Å². The highest BCUT2D eigenvalue weighted by Crippen LogP contribution is 2.56. The molecule has 1 N–H and O–H groups in total. The van der Waals surface area contributed by atoms with Crippen molar-refractivity contribution < 1.29 is 16.8 Å². The van der Waals surface area contributed by atoms with Crippen LogP contribution >= 0.6 is 22.9 Å². The Morgan fingerprint density at radius 3 is 2.47 bits per heavy atom. The Bertz CT molecular complexity index is 2160. The van der Waals surface area contributed by atoms with Gasteiger partial charge in [0.25, 0.3) is 10.0 Å². The zero-order valence-electron chi connectivity index (χ0n) is 27.2. The first-order valence-corrected chi connectivity index (χ1v) is 20.6. The van der Waals surface area contributed by atoms with Gasteiger partial charge >= 0.3 is 0 Å². The average Bonchev–Trinajstić information content (AvgIpc) is 3.54. The minimum atomic E-state index is -3.73. The van der Waals surface area contributed by atoms with Crippen LogP contribution in [0.1, 0.15) is 24.8 Å². The Hall–Kier alpha value is -3.16. The minimum Gasteiger partial charge on any atom is -0.303 e. The molecule has 3 aromatic carbocycles. The molecule has 1 aliphatic heterocycles. The van der Waals surface area contributed by atoms with Gasteiger partial charge in [-0.05, 0) is 97.6 Å². The maximum absolute atomic E-state index is 13.8. The molecule has 256 valence electrons. The monoisotopic (exact) mass is 734 g/mol. The van der Waals surface area contributed by atoms with Crippen LogP contribution in [0.3, 0.4) is 0 Å². The summed E-state index contributed by atoms with van der Waals surface area (Å²) < 4.78 is 58.9. The van der Waals surface area contributed by atoms with E-state index in [1.165, 1.54) is 15.6 Å². The van der Waals surface area contributed by atoms with Gasteiger partial charge in [0.15, 0.2) is 0 Å². The van der Waals surface area contributed by atoms with Gasteiger partial charge in [0, 0.05) is 48.7 Å². The predicted molar refractivity (Wildman–Crippen MR) is 197 cm³/mol. The molecule has 1 aliphatic carbocycles. The Kier molecular flexibility index (Phi) is 9.70. The number of benzene rings is 3. The van der Waals surface area contributed by atoms with Crippen molar-refractivity contribution in [2.45, 2.75) is 33.8 Å². The van der Waals surface area contributed by atoms with E-state index in [2.05, 4.69) is 20.7 Å². The van der Waals surface area contributed by atoms with Crippen molar-refractivity contribution in [3.63, 3.8) is 0 Å². The van der Waals surface area contributed by atoms with Crippen LogP contribution in [-0.4, -0.2) is 70.8 Å². The minimum absolute atomic E-state index is 0.246. The first-order valence-electron chi connectivity index (χ1n) is 16.5. The van der Waals surface area contributed by atoms with Crippen LogP contribution in [0, 0.1) is 11.8 Å². The summed E-state index contributed by atoms with van der Waals surface area (Å²) in [5.41, 5.74) is 1.46. The number of thiophene rings is 1. The first kappa shape index (κ1) is 34.3. The molecule has 2 atom stereocenters. The maximum atomic E-state index is 13.8. The molecule has 2 aromatic heterocycles. The molecule has 0 spiro atoms. The number of hydrogen-bond donors (Lipinski definition) is 1. The van der Waals surface area contributed by atoms with E-state index < -0.39 is 20.0 Å². The molecule has 3 heterocycles. The Balaban J connectivity index is 0.993. The lowest BCUT2D eigenvalue weighted by Gasteiger charge is -2.33. The molecule has 2 fully saturated rings. The van der Waals surface area contributed by atoms with Gasteiger partial charge in [-0.15, -0.1) is 11.3 Å². The number of halogens is 1. The molecule has 2 aliphatic rings. The molecule has 0 radical (unpaired) electrons. The second-order valence-corrected chi connectivity index (χ2v) is 18.8. The second kappa shape index (κ2) is 13.9. The van der Waals surface area contributed by atoms with Crippen molar-refractivity contribution in [1.29, 1.82) is 0 Å². The number of hydrogen-bond acceptors (Lipinski definition) is 7. The Labute approximate surface area is 297 Å². The van der Waals surface area contributed by atoms with E-state index in [1.54, 1.807) is 31.4 Å². The van der Waals surface area contributed by atoms with E-state index in [0.717, 1.165) is 65.8 Å². The summed E-state index contributed by atoms with van der Waals surface area (Å²) in [7, 11) is -5.71. The zero-order valence-corrected chi connectivity index (χ0v) is 30.4. The molecule has 12 heteroatoms. The van der Waals surface area contributed by atoms with Crippen LogP contribution in [-0.2, 0) is 25.5 Å². The lowest BCUT2D eigenvalue weighted by molar-refractivity contribution is 0.174. The summed E-state index contributed by atoms with van der Waals surface area (Å²) >= 11 is 7.69. The fourth-order valence-electron chi connectivity index (χ4n) is 7.22. The summed E-state index contributed by atoms with van der Waals surface area (Å²) in [5, 5.41) is 2.26. The molecule has 0 bridgehead atoms. The van der Waals surface area contributed by atoms with Gasteiger partial charge < -0.3 is 4.90 Å². The molecule has 1 saturated carbocycles. The highest BCUT2D eigenvalue weighted by atomic mass is 35.5. The number of pyridine rings is 1. The van der Waals surface area contributed by atoms with Crippen molar-refractivity contribution >= 4 is 53.8 Å². The maximum Gasteiger partial charge on any atom is 0.252 e. The van der Waals surface area contributed by atoms with Crippen LogP contribution in [0.4, 0.5) is 0 Å². The van der Waals surface area contributed by atoms with Crippen molar-refractivity contribution in [1.82, 2.24) is 18.9 Å². The van der Waals surface area contributed by atoms with Gasteiger partial charge in [-0.25, -0.2) is 21.6 Å². The number of piperidine rings is 1. The number of nitrogens with zero attached hydrogens (tertiary/aromatic N) is 3. The van der Waals surface area contributed by atoms with E-state index in [-0.39, 0.29) is 17.3 Å². The molecule has 49 heavy (non-hydrogen) atoms. The van der Waals surface area contributed by atoms with E-state index in [9.17, 15) is 16.8 Å². The molecule has 0 unspecified atom stereocenters. The lowest BCUT2D eigenvalue weighted by Crippen LogP contribution is -2.41. The molecule has 8 nitrogen and oxygen atoms in total. The van der Waals surface area contributed by atoms with E-state index in [0.29, 0.717) is 27.2 Å². The standard InChI is InChI=1S/C37H39ClN4O4S3/c1-41(49(45,46)36-16-15-34(47-36)33-13-4-5-19-39-33)26-37(29-10-7-11-31(38)22-29)23-30(37)25-42-20-17-27(18-21-42)24-40-48(43,44)35-14-6-9-28-8-2-3-12-32(28)35/h2-16,19,22,27,30,40H,17-18,20-21,23-26H2,1H3/t30-,37+/m0/s1. The highest BCUT2D eigenvalue weighted by Gasteiger charge is 2.57. The number of sulfonamides is 2. The third-order valence-corrected chi connectivity index (χ3v) is 15.2. The number of fused-ring (bicyclic) bond motifs is 1. The van der Waals surface area contributed by atoms with Gasteiger partial charge in [0.1, 0.15) is 4.21 Å². The summed E-state index contributed by atoms with van der Waals surface area (Å²) in [6.07, 6.45) is 4.34. The summed E-state index contributed by atoms with van der Waals surface area (Å²) in [5.74, 6) is 0.508. The smallest absolute Gasteiger partial charge is 0.252 e. The summed E-state index contributed by atoms with van der Waals surface area (Å²) in [6.45, 7) is 3.33. The number of rotatable bonds is 12. The van der Waals surface area contributed by atoms with E-state index >= 15 is 0 Å². The third-order valence-electron chi connectivity index (χ3n) is 10.1. The third kappa shape index (κ3) is 7.21. The van der Waals surface area contributed by atoms with Crippen molar-refractivity contribution in [3.05, 3.63) is 114 Å². The average molecular weight is 735 g/mol. The zero-order chi connectivity index (χ0) is 34.2. The lowest BCUT2D eigenvalue weighted by atomic mass is 9.92. The molecule has 0 amide bonds. The number of nitrogens with one attached hydrogen (secondary N) is 1. The highest BCUT2D eigenvalue weighted by molar-refractivity contribution is 7.91. The summed E-state index contributed by atoms with van der Waals surface area (Å²) in [4.78, 5) is 7.94. The van der Waals surface area contributed by atoms with Crippen LogP contribution in [0.15, 0.2) is 112 Å². The quantitative estimate of drug-likeness (QED) is 0.150. The normalized spacial score (nSPS) is 20.6. The summed E-state index contributed by atoms with van der Waals surface area (Å²) in [6, 6.07) is 29.8. The largest absolute Gasteiger partial charge is 0.303 e. The van der Waals surface area contributed by atoms with Gasteiger partial charge in [0.05, 0.1) is 15.5 Å². The fourth-order valence-corrected chi connectivity index (χ4v) is 11.5. The SMILES string of the molecule is CN(C[C@@]1(c2cccc(Cl)c2)C[C@H]1CN1CCC(CNS(=O)(=O)c2cccc3ccccc23)CC1)S(=O)(=O)c1ccc(-c2ccccn2)s1. The number of likely N-dealkylation sites (tertiary alicyclic amines) is 1. The van der Waals surface area contributed by atoms with Crippen molar-refractivity contribution in [2.75, 3.05) is 39.8 Å². The molecule has 7 rings (SSSR count). The topological polar surface area (TPSA) is 99.7 Å². The number of likely N-dealkylation sites (N-methyl/N-ethyl adjacent to an activating group) is 1. The first-order chi connectivity index (χ1) is 23.5. The van der Waals surface area contributed by atoms with Gasteiger partial charge in [0.2, 0.25) is 10.0 Å². The Morgan fingerprint density at radius 2 is 1.69 bits per heavy atom. The van der Waals surface area contributed by atoms with Crippen LogP contribution in [0.25, 0.3) is 21.3 Å². The van der Waals surface area contributed by atoms with Gasteiger partial charge in [-0.3, -0.25) is 4.98 Å². The van der Waals surface area contributed by atoms with Crippen LogP contribution in [0.5, 0.6) is 0 Å². The molecular formula is C37H39ClN4O4S3. The molecule has 1 saturated heterocycles. The van der Waals surface area contributed by atoms with Crippen molar-refractivity contribution in [3.8, 4) is 10.6 Å². The van der Waals surface area contributed by atoms with E-state index in [1.807, 2.05) is 72.8 Å². The van der Waals surface area contributed by atoms with Crippen LogP contribution < -0.4 is 4.72 Å². The molecular weight excluding hydrogens is 696 g/mol. The molecule has 5 aromatic rings. The van der Waals surface area contributed by atoms with E-state index in [4.69, 9.17) is 11.6 Å². The predicted octanol–water partition coefficient (Wildman–Crippen LogP) is 6.89.